The zero-order valence-electron chi connectivity index (χ0n) is 15.1. The molecule has 0 atom stereocenters. The second kappa shape index (κ2) is 7.55. The van der Waals surface area contributed by atoms with Crippen molar-refractivity contribution in [1.29, 1.82) is 0 Å². The molecule has 128 valence electrons. The number of hydrogen-bond donors (Lipinski definition) is 0. The summed E-state index contributed by atoms with van der Waals surface area (Å²) < 4.78 is 0. The van der Waals surface area contributed by atoms with E-state index in [2.05, 4.69) is 103 Å². The van der Waals surface area contributed by atoms with Crippen LogP contribution in [0.1, 0.15) is 11.1 Å². The molecular formula is C25H23N. The Morgan fingerprint density at radius 2 is 1.38 bits per heavy atom. The van der Waals surface area contributed by atoms with Gasteiger partial charge in [0.25, 0.3) is 0 Å². The van der Waals surface area contributed by atoms with Gasteiger partial charge in [0.2, 0.25) is 0 Å². The van der Waals surface area contributed by atoms with Crippen LogP contribution in [-0.2, 0) is 6.54 Å². The van der Waals surface area contributed by atoms with Gasteiger partial charge in [-0.3, -0.25) is 4.90 Å². The number of hydrogen-bond acceptors (Lipinski definition) is 1. The van der Waals surface area contributed by atoms with Crippen molar-refractivity contribution in [3.63, 3.8) is 0 Å². The Morgan fingerprint density at radius 1 is 0.731 bits per heavy atom. The lowest BCUT2D eigenvalue weighted by atomic mass is 9.97. The summed E-state index contributed by atoms with van der Waals surface area (Å²) in [6.45, 7) is 1.86. The molecule has 0 aliphatic carbocycles. The summed E-state index contributed by atoms with van der Waals surface area (Å²) in [6.07, 6.45) is 4.42. The maximum Gasteiger partial charge on any atom is 0.0240 e. The summed E-state index contributed by atoms with van der Waals surface area (Å²) in [5, 5.41) is 5.34. The van der Waals surface area contributed by atoms with E-state index in [-0.39, 0.29) is 0 Å². The fourth-order valence-electron chi connectivity index (χ4n) is 3.55. The molecule has 0 fully saturated rings. The Kier molecular flexibility index (Phi) is 4.81. The van der Waals surface area contributed by atoms with Crippen LogP contribution in [0.4, 0.5) is 0 Å². The summed E-state index contributed by atoms with van der Waals surface area (Å²) in [4.78, 5) is 2.36. The molecule has 0 saturated heterocycles. The van der Waals surface area contributed by atoms with Crippen LogP contribution < -0.4 is 0 Å². The smallest absolute Gasteiger partial charge is 0.0240 e. The van der Waals surface area contributed by atoms with Crippen LogP contribution in [0.5, 0.6) is 0 Å². The van der Waals surface area contributed by atoms with E-state index in [1.54, 1.807) is 0 Å². The first kappa shape index (κ1) is 16.6. The molecule has 4 aromatic carbocycles. The van der Waals surface area contributed by atoms with Gasteiger partial charge in [0, 0.05) is 13.1 Å². The van der Waals surface area contributed by atoms with E-state index in [1.165, 1.54) is 32.7 Å². The molecule has 0 saturated carbocycles. The van der Waals surface area contributed by atoms with Gasteiger partial charge in [0.05, 0.1) is 0 Å². The fourth-order valence-corrected chi connectivity index (χ4v) is 3.55. The maximum absolute atomic E-state index is 2.36. The predicted octanol–water partition coefficient (Wildman–Crippen LogP) is 6.14. The van der Waals surface area contributed by atoms with E-state index >= 15 is 0 Å². The average Bonchev–Trinajstić information content (AvgIpc) is 2.69. The molecule has 0 aromatic heterocycles. The van der Waals surface area contributed by atoms with Gasteiger partial charge in [-0.05, 0) is 45.8 Å². The third kappa shape index (κ3) is 3.54. The third-order valence-corrected chi connectivity index (χ3v) is 4.82. The highest BCUT2D eigenvalue weighted by Gasteiger charge is 2.07. The highest BCUT2D eigenvalue weighted by atomic mass is 15.1. The second-order valence-corrected chi connectivity index (χ2v) is 6.81. The molecule has 0 aliphatic heterocycles. The van der Waals surface area contributed by atoms with Crippen molar-refractivity contribution >= 4 is 27.6 Å². The van der Waals surface area contributed by atoms with E-state index in [0.29, 0.717) is 0 Å². The normalized spacial score (nSPS) is 11.8. The number of nitrogens with zero attached hydrogens (tertiary/aromatic N) is 1. The van der Waals surface area contributed by atoms with E-state index in [1.807, 2.05) is 6.07 Å². The van der Waals surface area contributed by atoms with Gasteiger partial charge in [0.1, 0.15) is 0 Å². The highest BCUT2D eigenvalue weighted by Crippen LogP contribution is 2.29. The van der Waals surface area contributed by atoms with E-state index < -0.39 is 0 Å². The summed E-state index contributed by atoms with van der Waals surface area (Å²) in [5.41, 5.74) is 2.63. The molecule has 0 radical (unpaired) electrons. The Balaban J connectivity index is 1.59. The number of rotatable bonds is 5. The van der Waals surface area contributed by atoms with Gasteiger partial charge in [-0.25, -0.2) is 0 Å². The topological polar surface area (TPSA) is 3.24 Å². The number of fused-ring (bicyclic) bond motifs is 3. The zero-order chi connectivity index (χ0) is 17.8. The molecule has 0 unspecified atom stereocenters. The van der Waals surface area contributed by atoms with Crippen LogP contribution in [0, 0.1) is 0 Å². The van der Waals surface area contributed by atoms with Crippen LogP contribution in [0.2, 0.25) is 0 Å². The molecule has 1 nitrogen and oxygen atoms in total. The lowest BCUT2D eigenvalue weighted by Crippen LogP contribution is -2.17. The van der Waals surface area contributed by atoms with Crippen molar-refractivity contribution in [2.24, 2.45) is 0 Å². The maximum atomic E-state index is 2.36. The van der Waals surface area contributed by atoms with E-state index in [9.17, 15) is 0 Å². The van der Waals surface area contributed by atoms with Gasteiger partial charge >= 0.3 is 0 Å². The summed E-state index contributed by atoms with van der Waals surface area (Å²) in [6, 6.07) is 30.2. The Bertz CT molecular complexity index is 1050. The Labute approximate surface area is 155 Å². The monoisotopic (exact) mass is 337 g/mol. The lowest BCUT2D eigenvalue weighted by molar-refractivity contribution is 0.365. The fraction of sp³-hybridized carbons (Fsp3) is 0.120. The van der Waals surface area contributed by atoms with Crippen LogP contribution >= 0.6 is 0 Å². The molecule has 0 heterocycles. The zero-order valence-corrected chi connectivity index (χ0v) is 15.1. The third-order valence-electron chi connectivity index (χ3n) is 4.82. The van der Waals surface area contributed by atoms with Crippen LogP contribution in [0.25, 0.3) is 27.6 Å². The largest absolute Gasteiger partial charge is 0.298 e. The molecule has 4 aromatic rings. The first-order valence-corrected chi connectivity index (χ1v) is 9.11. The number of likely N-dealkylation sites (N-methyl/N-ethyl adjacent to an activating group) is 1. The van der Waals surface area contributed by atoms with Crippen LogP contribution in [0.3, 0.4) is 0 Å². The van der Waals surface area contributed by atoms with Gasteiger partial charge in [-0.2, -0.15) is 0 Å². The molecule has 0 N–H and O–H groups in total. The van der Waals surface area contributed by atoms with Gasteiger partial charge < -0.3 is 0 Å². The molecule has 0 amide bonds. The van der Waals surface area contributed by atoms with Crippen molar-refractivity contribution in [3.05, 3.63) is 102 Å². The minimum atomic E-state index is 0.927. The van der Waals surface area contributed by atoms with Gasteiger partial charge in [-0.1, -0.05) is 91.0 Å². The van der Waals surface area contributed by atoms with Gasteiger partial charge in [-0.15, -0.1) is 0 Å². The Hall–Kier alpha value is -2.90. The molecule has 26 heavy (non-hydrogen) atoms. The molecule has 0 bridgehead atoms. The average molecular weight is 337 g/mol. The lowest BCUT2D eigenvalue weighted by Gasteiger charge is -2.17. The highest BCUT2D eigenvalue weighted by molar-refractivity contribution is 6.08. The molecular weight excluding hydrogens is 314 g/mol. The first-order chi connectivity index (χ1) is 12.8. The number of benzene rings is 4. The minimum Gasteiger partial charge on any atom is -0.298 e. The standard InChI is InChI=1S/C25H23N/c1-26(17-9-12-20-10-3-2-4-11-20)19-22-18-21-13-5-6-14-23(21)25-16-8-7-15-24(22)25/h2-16,18H,17,19H2,1H3/b12-9+. The summed E-state index contributed by atoms with van der Waals surface area (Å²) in [5.74, 6) is 0. The van der Waals surface area contributed by atoms with Crippen molar-refractivity contribution < 1.29 is 0 Å². The summed E-state index contributed by atoms with van der Waals surface area (Å²) in [7, 11) is 2.18. The van der Waals surface area contributed by atoms with Crippen molar-refractivity contribution in [2.75, 3.05) is 13.6 Å². The van der Waals surface area contributed by atoms with Crippen molar-refractivity contribution in [2.45, 2.75) is 6.54 Å². The molecule has 0 aliphatic rings. The second-order valence-electron chi connectivity index (χ2n) is 6.81. The van der Waals surface area contributed by atoms with E-state index in [4.69, 9.17) is 0 Å². The molecule has 4 rings (SSSR count). The van der Waals surface area contributed by atoms with Crippen LogP contribution in [0.15, 0.2) is 91.0 Å². The SMILES string of the molecule is CN(C/C=C/c1ccccc1)Cc1cc2ccccc2c2ccccc12. The van der Waals surface area contributed by atoms with Gasteiger partial charge in [0.15, 0.2) is 0 Å². The van der Waals surface area contributed by atoms with Crippen molar-refractivity contribution in [1.82, 2.24) is 4.90 Å². The Morgan fingerprint density at radius 3 is 2.19 bits per heavy atom. The predicted molar refractivity (Wildman–Crippen MR) is 113 cm³/mol. The quantitative estimate of drug-likeness (QED) is 0.395. The van der Waals surface area contributed by atoms with E-state index in [0.717, 1.165) is 13.1 Å². The van der Waals surface area contributed by atoms with Crippen LogP contribution in [-0.4, -0.2) is 18.5 Å². The molecule has 1 heteroatoms. The van der Waals surface area contributed by atoms with Crippen molar-refractivity contribution in [3.8, 4) is 0 Å². The minimum absolute atomic E-state index is 0.927. The first-order valence-electron chi connectivity index (χ1n) is 9.11. The summed E-state index contributed by atoms with van der Waals surface area (Å²) >= 11 is 0. The molecule has 0 spiro atoms.